The van der Waals surface area contributed by atoms with Gasteiger partial charge in [-0.1, -0.05) is 37.3 Å². The summed E-state index contributed by atoms with van der Waals surface area (Å²) >= 11 is 0. The molecule has 0 aromatic heterocycles. The van der Waals surface area contributed by atoms with Crippen LogP contribution in [0.2, 0.25) is 0 Å². The van der Waals surface area contributed by atoms with Crippen LogP contribution in [0.15, 0.2) is 30.3 Å². The van der Waals surface area contributed by atoms with Gasteiger partial charge < -0.3 is 4.74 Å². The van der Waals surface area contributed by atoms with Gasteiger partial charge in [-0.05, 0) is 11.5 Å². The van der Waals surface area contributed by atoms with Gasteiger partial charge in [0.05, 0.1) is 0 Å². The molecule has 94 valence electrons. The Labute approximate surface area is 99.6 Å². The molecular formula is C13H16F2O2. The van der Waals surface area contributed by atoms with E-state index in [1.165, 1.54) is 0 Å². The summed E-state index contributed by atoms with van der Waals surface area (Å²) in [7, 11) is 0. The number of hydrogen-bond acceptors (Lipinski definition) is 2. The summed E-state index contributed by atoms with van der Waals surface area (Å²) in [4.78, 5) is 9.76. The number of ether oxygens (including phenoxy) is 1. The van der Waals surface area contributed by atoms with Gasteiger partial charge in [0.25, 0.3) is 6.47 Å². The fourth-order valence-electron chi connectivity index (χ4n) is 1.66. The van der Waals surface area contributed by atoms with E-state index in [1.54, 1.807) is 0 Å². The predicted octanol–water partition coefficient (Wildman–Crippen LogP) is 3.41. The number of hydrogen-bond donors (Lipinski definition) is 0. The van der Waals surface area contributed by atoms with Crippen LogP contribution in [-0.4, -0.2) is 12.4 Å². The minimum Gasteiger partial charge on any atom is -0.463 e. The van der Waals surface area contributed by atoms with Gasteiger partial charge in [0, 0.05) is 12.8 Å². The fraction of sp³-hybridized carbons (Fsp3) is 0.462. The Morgan fingerprint density at radius 3 is 2.29 bits per heavy atom. The van der Waals surface area contributed by atoms with Crippen LogP contribution in [0.25, 0.3) is 0 Å². The van der Waals surface area contributed by atoms with Gasteiger partial charge in [-0.3, -0.25) is 4.79 Å². The summed E-state index contributed by atoms with van der Waals surface area (Å²) < 4.78 is 28.1. The van der Waals surface area contributed by atoms with Crippen LogP contribution < -0.4 is 0 Å². The average molecular weight is 242 g/mol. The highest BCUT2D eigenvalue weighted by Crippen LogP contribution is 2.41. The van der Waals surface area contributed by atoms with E-state index in [0.29, 0.717) is 13.1 Å². The molecule has 0 saturated heterocycles. The molecule has 1 aromatic carbocycles. The first-order chi connectivity index (χ1) is 8.03. The van der Waals surface area contributed by atoms with Crippen LogP contribution in [0.3, 0.4) is 0 Å². The Bertz CT molecular complexity index is 331. The van der Waals surface area contributed by atoms with E-state index in [0.717, 1.165) is 5.56 Å². The van der Waals surface area contributed by atoms with Crippen molar-refractivity contribution < 1.29 is 18.3 Å². The van der Waals surface area contributed by atoms with E-state index in [9.17, 15) is 13.6 Å². The molecule has 1 aliphatic rings. The van der Waals surface area contributed by atoms with E-state index in [4.69, 9.17) is 0 Å². The maximum atomic E-state index is 11.8. The lowest BCUT2D eigenvalue weighted by Crippen LogP contribution is -2.33. The molecule has 0 N–H and O–H groups in total. The second kappa shape index (κ2) is 6.33. The Hall–Kier alpha value is -1.45. The molecule has 2 nitrogen and oxygen atoms in total. The molecule has 2 rings (SSSR count). The minimum atomic E-state index is -2.31. The standard InChI is InChI=1S/C8H8O2.C5H8F2/c9-7-10-6-8-4-2-1-3-5-8;1-4-2-5(6,7)3-4/h1-5,7H,6H2;4H,2-3H2,1H3. The smallest absolute Gasteiger partial charge is 0.293 e. The third-order valence-electron chi connectivity index (χ3n) is 2.46. The van der Waals surface area contributed by atoms with Gasteiger partial charge in [-0.2, -0.15) is 0 Å². The van der Waals surface area contributed by atoms with Crippen molar-refractivity contribution in [3.63, 3.8) is 0 Å². The second-order valence-corrected chi connectivity index (χ2v) is 4.26. The van der Waals surface area contributed by atoms with Crippen LogP contribution in [0, 0.1) is 5.92 Å². The molecule has 1 fully saturated rings. The molecule has 0 bridgehead atoms. The maximum Gasteiger partial charge on any atom is 0.293 e. The van der Waals surface area contributed by atoms with Crippen molar-refractivity contribution in [1.82, 2.24) is 0 Å². The second-order valence-electron chi connectivity index (χ2n) is 4.26. The zero-order valence-corrected chi connectivity index (χ0v) is 9.74. The van der Waals surface area contributed by atoms with Crippen LogP contribution in [0.1, 0.15) is 25.3 Å². The van der Waals surface area contributed by atoms with Crippen LogP contribution in [0.4, 0.5) is 8.78 Å². The van der Waals surface area contributed by atoms with Crippen LogP contribution >= 0.6 is 0 Å². The molecule has 17 heavy (non-hydrogen) atoms. The first-order valence-corrected chi connectivity index (χ1v) is 5.50. The molecule has 4 heteroatoms. The molecule has 0 aliphatic heterocycles. The SMILES string of the molecule is CC1CC(F)(F)C1.O=COCc1ccccc1. The molecule has 0 radical (unpaired) electrons. The first-order valence-electron chi connectivity index (χ1n) is 5.50. The van der Waals surface area contributed by atoms with Gasteiger partial charge in [-0.25, -0.2) is 8.78 Å². The molecule has 0 heterocycles. The van der Waals surface area contributed by atoms with E-state index >= 15 is 0 Å². The van der Waals surface area contributed by atoms with Crippen molar-refractivity contribution in [2.75, 3.05) is 0 Å². The lowest BCUT2D eigenvalue weighted by Gasteiger charge is -2.31. The minimum absolute atomic E-state index is 0.104. The first kappa shape index (κ1) is 13.6. The van der Waals surface area contributed by atoms with Gasteiger partial charge in [0.1, 0.15) is 6.61 Å². The Balaban J connectivity index is 0.000000181. The monoisotopic (exact) mass is 242 g/mol. The van der Waals surface area contributed by atoms with Crippen LogP contribution in [0.5, 0.6) is 0 Å². The van der Waals surface area contributed by atoms with Crippen molar-refractivity contribution >= 4 is 6.47 Å². The number of benzene rings is 1. The zero-order chi connectivity index (χ0) is 12.7. The van der Waals surface area contributed by atoms with Crippen LogP contribution in [-0.2, 0) is 16.1 Å². The highest BCUT2D eigenvalue weighted by molar-refractivity contribution is 5.37. The summed E-state index contributed by atoms with van der Waals surface area (Å²) in [6, 6.07) is 9.55. The lowest BCUT2D eigenvalue weighted by molar-refractivity contribution is -0.129. The normalized spacial score (nSPS) is 17.4. The quantitative estimate of drug-likeness (QED) is 0.759. The summed E-state index contributed by atoms with van der Waals surface area (Å²) in [6.45, 7) is 2.66. The third kappa shape index (κ3) is 5.43. The molecule has 1 aromatic rings. The molecule has 0 unspecified atom stereocenters. The van der Waals surface area contributed by atoms with Crippen molar-refractivity contribution in [2.45, 2.75) is 32.3 Å². The number of carbonyl (C=O) groups is 1. The van der Waals surface area contributed by atoms with Gasteiger partial charge >= 0.3 is 0 Å². The van der Waals surface area contributed by atoms with Gasteiger partial charge in [0.2, 0.25) is 5.92 Å². The van der Waals surface area contributed by atoms with Crippen molar-refractivity contribution in [3.8, 4) is 0 Å². The summed E-state index contributed by atoms with van der Waals surface area (Å²) in [5.41, 5.74) is 1.01. The fourth-order valence-corrected chi connectivity index (χ4v) is 1.66. The summed E-state index contributed by atoms with van der Waals surface area (Å²) in [5, 5.41) is 0. The van der Waals surface area contributed by atoms with Gasteiger partial charge in [-0.15, -0.1) is 0 Å². The highest BCUT2D eigenvalue weighted by Gasteiger charge is 2.42. The van der Waals surface area contributed by atoms with Crippen molar-refractivity contribution in [2.24, 2.45) is 5.92 Å². The summed E-state index contributed by atoms with van der Waals surface area (Å²) in [6.07, 6.45) is 0.208. The number of alkyl halides is 2. The predicted molar refractivity (Wildman–Crippen MR) is 60.6 cm³/mol. The molecule has 1 aliphatic carbocycles. The maximum absolute atomic E-state index is 11.8. The Kier molecular flexibility index (Phi) is 5.07. The lowest BCUT2D eigenvalue weighted by atomic mass is 9.83. The Morgan fingerprint density at radius 2 is 1.94 bits per heavy atom. The largest absolute Gasteiger partial charge is 0.463 e. The topological polar surface area (TPSA) is 26.3 Å². The molecule has 0 spiro atoms. The molecule has 1 saturated carbocycles. The number of rotatable bonds is 3. The number of carbonyl (C=O) groups excluding carboxylic acids is 1. The van der Waals surface area contributed by atoms with E-state index in [2.05, 4.69) is 4.74 Å². The molecule has 0 amide bonds. The van der Waals surface area contributed by atoms with E-state index in [-0.39, 0.29) is 18.8 Å². The third-order valence-corrected chi connectivity index (χ3v) is 2.46. The number of halogens is 2. The zero-order valence-electron chi connectivity index (χ0n) is 9.74. The van der Waals surface area contributed by atoms with Gasteiger partial charge in [0.15, 0.2) is 0 Å². The van der Waals surface area contributed by atoms with Crippen molar-refractivity contribution in [3.05, 3.63) is 35.9 Å². The summed E-state index contributed by atoms with van der Waals surface area (Å²) in [5.74, 6) is -2.05. The average Bonchev–Trinajstić information content (AvgIpc) is 2.26. The molecular weight excluding hydrogens is 226 g/mol. The van der Waals surface area contributed by atoms with Crippen molar-refractivity contribution in [1.29, 1.82) is 0 Å². The Morgan fingerprint density at radius 1 is 1.35 bits per heavy atom. The van der Waals surface area contributed by atoms with E-state index in [1.807, 2.05) is 37.3 Å². The highest BCUT2D eigenvalue weighted by atomic mass is 19.3. The molecule has 0 atom stereocenters. The van der Waals surface area contributed by atoms with E-state index < -0.39 is 5.92 Å².